The first kappa shape index (κ1) is 17.1. The van der Waals surface area contributed by atoms with Gasteiger partial charge < -0.3 is 15.7 Å². The molecule has 0 saturated carbocycles. The molecule has 0 aliphatic rings. The van der Waals surface area contributed by atoms with E-state index in [4.69, 9.17) is 0 Å². The lowest BCUT2D eigenvalue weighted by Gasteiger charge is -2.22. The van der Waals surface area contributed by atoms with Crippen LogP contribution >= 0.6 is 0 Å². The highest BCUT2D eigenvalue weighted by molar-refractivity contribution is 5.16. The second-order valence-electron chi connectivity index (χ2n) is 3.96. The molecule has 1 rings (SSSR count). The van der Waals surface area contributed by atoms with Gasteiger partial charge in [0, 0.05) is 12.6 Å². The number of aliphatic hydroxyl groups is 1. The summed E-state index contributed by atoms with van der Waals surface area (Å²) in [6.45, 7) is 7.56. The third-order valence-electron chi connectivity index (χ3n) is 2.74. The van der Waals surface area contributed by atoms with Gasteiger partial charge in [-0.05, 0) is 25.6 Å². The number of rotatable bonds is 7. The Morgan fingerprint density at radius 2 is 1.78 bits per heavy atom. The molecule has 0 spiro atoms. The number of likely N-dealkylation sites (N-methyl/N-ethyl adjacent to an activating group) is 2. The van der Waals surface area contributed by atoms with E-state index in [0.29, 0.717) is 6.54 Å². The van der Waals surface area contributed by atoms with Gasteiger partial charge in [-0.25, -0.2) is 0 Å². The summed E-state index contributed by atoms with van der Waals surface area (Å²) in [7, 11) is 1.89. The van der Waals surface area contributed by atoms with Crippen molar-refractivity contribution in [2.45, 2.75) is 39.3 Å². The van der Waals surface area contributed by atoms with Gasteiger partial charge >= 0.3 is 0 Å². The van der Waals surface area contributed by atoms with E-state index in [1.807, 2.05) is 46.0 Å². The van der Waals surface area contributed by atoms with Crippen LogP contribution in [0.15, 0.2) is 30.3 Å². The van der Waals surface area contributed by atoms with Crippen molar-refractivity contribution in [1.82, 2.24) is 10.6 Å². The van der Waals surface area contributed by atoms with E-state index in [9.17, 15) is 5.11 Å². The zero-order valence-electron chi connectivity index (χ0n) is 12.1. The average Bonchev–Trinajstić information content (AvgIpc) is 2.45. The van der Waals surface area contributed by atoms with Gasteiger partial charge in [0.1, 0.15) is 0 Å². The van der Waals surface area contributed by atoms with Gasteiger partial charge in [-0.3, -0.25) is 0 Å². The molecule has 104 valence electrons. The lowest BCUT2D eigenvalue weighted by molar-refractivity contribution is 0.129. The highest BCUT2D eigenvalue weighted by atomic mass is 16.3. The molecule has 3 nitrogen and oxygen atoms in total. The van der Waals surface area contributed by atoms with Gasteiger partial charge in [-0.15, -0.1) is 0 Å². The van der Waals surface area contributed by atoms with Crippen LogP contribution in [0, 0.1) is 0 Å². The highest BCUT2D eigenvalue weighted by Gasteiger charge is 2.16. The van der Waals surface area contributed by atoms with Crippen molar-refractivity contribution in [2.75, 3.05) is 20.1 Å². The van der Waals surface area contributed by atoms with E-state index in [1.54, 1.807) is 0 Å². The van der Waals surface area contributed by atoms with Crippen molar-refractivity contribution < 1.29 is 5.11 Å². The third-order valence-corrected chi connectivity index (χ3v) is 2.74. The maximum atomic E-state index is 9.98. The molecule has 3 heteroatoms. The minimum absolute atomic E-state index is 0.0986. The Kier molecular flexibility index (Phi) is 10.6. The molecule has 2 atom stereocenters. The van der Waals surface area contributed by atoms with Crippen LogP contribution in [-0.4, -0.2) is 37.4 Å². The van der Waals surface area contributed by atoms with Crippen molar-refractivity contribution in [1.29, 1.82) is 0 Å². The molecule has 0 aliphatic carbocycles. The van der Waals surface area contributed by atoms with Gasteiger partial charge in [0.05, 0.1) is 6.10 Å². The summed E-state index contributed by atoms with van der Waals surface area (Å²) < 4.78 is 0. The molecular formula is C15H28N2O. The summed E-state index contributed by atoms with van der Waals surface area (Å²) >= 11 is 0. The van der Waals surface area contributed by atoms with Crippen molar-refractivity contribution in [3.8, 4) is 0 Å². The van der Waals surface area contributed by atoms with Crippen LogP contribution in [0.5, 0.6) is 0 Å². The Bertz CT molecular complexity index is 277. The van der Waals surface area contributed by atoms with Gasteiger partial charge in [0.25, 0.3) is 0 Å². The fourth-order valence-corrected chi connectivity index (χ4v) is 1.73. The second kappa shape index (κ2) is 11.2. The lowest BCUT2D eigenvalue weighted by atomic mass is 10.0. The van der Waals surface area contributed by atoms with Crippen LogP contribution in [0.1, 0.15) is 26.3 Å². The van der Waals surface area contributed by atoms with E-state index in [-0.39, 0.29) is 12.1 Å². The SMILES string of the molecule is CC.CCNC[C@@H](O)[C@H](Cc1ccccc1)NC. The second-order valence-corrected chi connectivity index (χ2v) is 3.96. The fraction of sp³-hybridized carbons (Fsp3) is 0.600. The number of aliphatic hydroxyl groups excluding tert-OH is 1. The molecule has 0 aliphatic heterocycles. The largest absolute Gasteiger partial charge is 0.390 e. The van der Waals surface area contributed by atoms with Crippen LogP contribution in [0.4, 0.5) is 0 Å². The van der Waals surface area contributed by atoms with Crippen molar-refractivity contribution in [2.24, 2.45) is 0 Å². The molecule has 0 saturated heterocycles. The smallest absolute Gasteiger partial charge is 0.0820 e. The first-order chi connectivity index (χ1) is 8.77. The first-order valence-corrected chi connectivity index (χ1v) is 6.88. The standard InChI is InChI=1S/C13H22N2O.C2H6/c1-3-15-10-13(16)12(14-2)9-11-7-5-4-6-8-11;1-2/h4-8,12-16H,3,9-10H2,1-2H3;1-2H3/t12-,13+;/m0./s1. The molecule has 1 aromatic carbocycles. The Balaban J connectivity index is 0.00000137. The van der Waals surface area contributed by atoms with Crippen molar-refractivity contribution >= 4 is 0 Å². The Morgan fingerprint density at radius 1 is 1.17 bits per heavy atom. The maximum Gasteiger partial charge on any atom is 0.0820 e. The maximum absolute atomic E-state index is 9.98. The number of hydrogen-bond donors (Lipinski definition) is 3. The molecule has 0 bridgehead atoms. The van der Waals surface area contributed by atoms with Crippen LogP contribution in [0.25, 0.3) is 0 Å². The molecule has 0 aromatic heterocycles. The predicted molar refractivity (Wildman–Crippen MR) is 78.9 cm³/mol. The van der Waals surface area contributed by atoms with E-state index in [1.165, 1.54) is 5.56 Å². The lowest BCUT2D eigenvalue weighted by Crippen LogP contribution is -2.44. The number of nitrogens with one attached hydrogen (secondary N) is 2. The van der Waals surface area contributed by atoms with Crippen LogP contribution < -0.4 is 10.6 Å². The molecular weight excluding hydrogens is 224 g/mol. The predicted octanol–water partition coefficient (Wildman–Crippen LogP) is 1.81. The third kappa shape index (κ3) is 6.74. The molecule has 3 N–H and O–H groups in total. The van der Waals surface area contributed by atoms with E-state index >= 15 is 0 Å². The van der Waals surface area contributed by atoms with Gasteiger partial charge in [-0.2, -0.15) is 0 Å². The molecule has 18 heavy (non-hydrogen) atoms. The monoisotopic (exact) mass is 252 g/mol. The average molecular weight is 252 g/mol. The Morgan fingerprint density at radius 3 is 2.28 bits per heavy atom. The highest BCUT2D eigenvalue weighted by Crippen LogP contribution is 2.05. The normalized spacial score (nSPS) is 13.4. The van der Waals surface area contributed by atoms with Crippen LogP contribution in [0.2, 0.25) is 0 Å². The molecule has 0 fully saturated rings. The quantitative estimate of drug-likeness (QED) is 0.693. The molecule has 0 heterocycles. The zero-order valence-corrected chi connectivity index (χ0v) is 12.1. The van der Waals surface area contributed by atoms with Crippen molar-refractivity contribution in [3.05, 3.63) is 35.9 Å². The van der Waals surface area contributed by atoms with E-state index in [0.717, 1.165) is 13.0 Å². The summed E-state index contributed by atoms with van der Waals surface area (Å²) in [6, 6.07) is 10.3. The van der Waals surface area contributed by atoms with Crippen molar-refractivity contribution in [3.63, 3.8) is 0 Å². The first-order valence-electron chi connectivity index (χ1n) is 6.88. The van der Waals surface area contributed by atoms with Gasteiger partial charge in [0.2, 0.25) is 0 Å². The summed E-state index contributed by atoms with van der Waals surface area (Å²) in [5.41, 5.74) is 1.25. The molecule has 1 aromatic rings. The summed E-state index contributed by atoms with van der Waals surface area (Å²) in [6.07, 6.45) is 0.495. The summed E-state index contributed by atoms with van der Waals surface area (Å²) in [5, 5.41) is 16.3. The van der Waals surface area contributed by atoms with E-state index in [2.05, 4.69) is 22.8 Å². The molecule has 0 radical (unpaired) electrons. The topological polar surface area (TPSA) is 44.3 Å². The number of hydrogen-bond acceptors (Lipinski definition) is 3. The summed E-state index contributed by atoms with van der Waals surface area (Å²) in [4.78, 5) is 0. The Labute approximate surface area is 112 Å². The van der Waals surface area contributed by atoms with Gasteiger partial charge in [-0.1, -0.05) is 51.1 Å². The minimum Gasteiger partial charge on any atom is -0.390 e. The fourth-order valence-electron chi connectivity index (χ4n) is 1.73. The van der Waals surface area contributed by atoms with Crippen LogP contribution in [0.3, 0.4) is 0 Å². The minimum atomic E-state index is -0.356. The number of benzene rings is 1. The Hall–Kier alpha value is -0.900. The molecule has 0 amide bonds. The van der Waals surface area contributed by atoms with Crippen LogP contribution in [-0.2, 0) is 6.42 Å². The zero-order chi connectivity index (χ0) is 13.8. The molecule has 0 unspecified atom stereocenters. The van der Waals surface area contributed by atoms with Gasteiger partial charge in [0.15, 0.2) is 0 Å². The summed E-state index contributed by atoms with van der Waals surface area (Å²) in [5.74, 6) is 0. The van der Waals surface area contributed by atoms with E-state index < -0.39 is 0 Å².